The van der Waals surface area contributed by atoms with Crippen LogP contribution in [0.2, 0.25) is 0 Å². The second-order valence-electron chi connectivity index (χ2n) is 37.2. The van der Waals surface area contributed by atoms with Gasteiger partial charge in [-0.3, -0.25) is 15.0 Å². The molecule has 636 valence electrons. The second-order valence-corrected chi connectivity index (χ2v) is 37.2. The van der Waals surface area contributed by atoms with E-state index in [0.717, 1.165) is 49.8 Å². The fourth-order valence-electron chi connectivity index (χ4n) is 21.8. The number of para-hydroxylation sites is 4. The number of benzene rings is 23. The van der Waals surface area contributed by atoms with E-state index < -0.39 is 0 Å². The van der Waals surface area contributed by atoms with E-state index in [-0.39, 0.29) is 5.41 Å². The first-order valence-electron chi connectivity index (χ1n) is 46.9. The molecular formula is C131H86N4O. The lowest BCUT2D eigenvalue weighted by atomic mass is 9.81. The molecule has 0 unspecified atom stereocenters. The van der Waals surface area contributed by atoms with E-state index in [0.29, 0.717) is 0 Å². The predicted molar refractivity (Wildman–Crippen MR) is 576 cm³/mol. The first-order valence-corrected chi connectivity index (χ1v) is 46.9. The Kier molecular flexibility index (Phi) is 18.8. The van der Waals surface area contributed by atoms with Gasteiger partial charge in [0.15, 0.2) is 0 Å². The predicted octanol–water partition coefficient (Wildman–Crippen LogP) is 36.1. The Morgan fingerprint density at radius 1 is 0.199 bits per heavy atom. The Bertz CT molecular complexity index is 9430. The normalized spacial score (nSPS) is 11.9. The molecule has 5 aromatic heterocycles. The van der Waals surface area contributed by atoms with Gasteiger partial charge < -0.3 is 8.98 Å². The van der Waals surface area contributed by atoms with Crippen molar-refractivity contribution in [1.82, 2.24) is 19.5 Å². The summed E-state index contributed by atoms with van der Waals surface area (Å²) in [7, 11) is 0. The molecule has 0 spiro atoms. The van der Waals surface area contributed by atoms with Crippen LogP contribution in [0.4, 0.5) is 0 Å². The van der Waals surface area contributed by atoms with Crippen LogP contribution in [0, 0.1) is 0 Å². The highest BCUT2D eigenvalue weighted by atomic mass is 16.3. The average Bonchev–Trinajstić information content (AvgIpc) is 1.32. The molecule has 28 aromatic rings. The van der Waals surface area contributed by atoms with Crippen molar-refractivity contribution in [1.29, 1.82) is 0 Å². The minimum absolute atomic E-state index is 0.0720. The molecule has 0 amide bonds. The van der Waals surface area contributed by atoms with Gasteiger partial charge in [0.2, 0.25) is 0 Å². The number of furan rings is 1. The first-order chi connectivity index (χ1) is 67.1. The number of hydrogen-bond acceptors (Lipinski definition) is 4. The Morgan fingerprint density at radius 2 is 0.529 bits per heavy atom. The van der Waals surface area contributed by atoms with Gasteiger partial charge in [0.05, 0.1) is 11.0 Å². The lowest BCUT2D eigenvalue weighted by Gasteiger charge is -2.23. The van der Waals surface area contributed by atoms with Crippen LogP contribution >= 0.6 is 0 Å². The summed E-state index contributed by atoms with van der Waals surface area (Å²) in [4.78, 5) is 13.0. The summed E-state index contributed by atoms with van der Waals surface area (Å²) in [5.74, 6) is 0. The smallest absolute Gasteiger partial charge is 0.143 e. The van der Waals surface area contributed by atoms with E-state index in [4.69, 9.17) is 4.42 Å². The molecule has 0 N–H and O–H groups in total. The summed E-state index contributed by atoms with van der Waals surface area (Å²) >= 11 is 0. The third-order valence-corrected chi connectivity index (χ3v) is 28.5. The molecule has 136 heavy (non-hydrogen) atoms. The van der Waals surface area contributed by atoms with Crippen molar-refractivity contribution < 1.29 is 4.42 Å². The molecule has 0 fully saturated rings. The third kappa shape index (κ3) is 13.4. The molecule has 23 aromatic carbocycles. The molecule has 0 atom stereocenters. The molecule has 5 heteroatoms. The van der Waals surface area contributed by atoms with E-state index >= 15 is 0 Å². The van der Waals surface area contributed by atoms with Crippen LogP contribution in [0.1, 0.15) is 26.3 Å². The monoisotopic (exact) mass is 1730 g/mol. The van der Waals surface area contributed by atoms with Crippen molar-refractivity contribution in [3.8, 4) is 117 Å². The number of aromatic nitrogens is 4. The van der Waals surface area contributed by atoms with Crippen molar-refractivity contribution in [3.63, 3.8) is 0 Å². The van der Waals surface area contributed by atoms with Gasteiger partial charge in [-0.25, -0.2) is 0 Å². The van der Waals surface area contributed by atoms with Gasteiger partial charge in [0.25, 0.3) is 0 Å². The van der Waals surface area contributed by atoms with Crippen molar-refractivity contribution in [2.24, 2.45) is 0 Å². The van der Waals surface area contributed by atoms with Gasteiger partial charge in [-0.2, -0.15) is 0 Å². The van der Waals surface area contributed by atoms with Crippen molar-refractivity contribution in [2.75, 3.05) is 0 Å². The molecule has 0 bridgehead atoms. The zero-order chi connectivity index (χ0) is 90.2. The number of fused-ring (bicyclic) bond motifs is 7. The summed E-state index contributed by atoms with van der Waals surface area (Å²) in [5, 5.41) is 30.8. The zero-order valence-corrected chi connectivity index (χ0v) is 75.2. The standard InChI is InChI=1S/C47H35N.C45H28N2.C39H23NO/c1-47(2,3)38-26-35-21-23-41-43(33-15-13-30(14-16-33)37-10-7-25-48-29-37)28-44(42-24-22-36(27-38)45(35)46(41)42)34-19-17-32(18-20-34)40-12-6-9-31-8-4-5-11-39(31)40;1-3-9-42-38(7-1)39-8-2-4-10-43(39)47(42)35-21-15-31(16-22-35)37-24-18-33-19-25-40-36(23-17-32-20-26-41(37)45(33)44(32)40)30-13-11-29(12-14-30)34-6-5-27-46-28-34;1-2-9-36-32(6-1)35-8-3-7-31(39(35)41-36)25-12-10-24(11-13-25)29-18-14-26-17-21-34-30(28-5-4-22-40-23-28)19-15-27-16-20-33(29)37(26)38(27)34/h4-29H,1-3H3;1-28H;1-23H. The summed E-state index contributed by atoms with van der Waals surface area (Å²) in [6, 6.07) is 157. The maximum absolute atomic E-state index is 6.31. The number of hydrogen-bond donors (Lipinski definition) is 0. The molecule has 0 saturated heterocycles. The van der Waals surface area contributed by atoms with Gasteiger partial charge in [-0.1, -0.05) is 397 Å². The summed E-state index contributed by atoms with van der Waals surface area (Å²) in [6.07, 6.45) is 11.3. The van der Waals surface area contributed by atoms with Crippen LogP contribution in [-0.2, 0) is 5.41 Å². The average molecular weight is 1730 g/mol. The summed E-state index contributed by atoms with van der Waals surface area (Å²) < 4.78 is 8.69. The van der Waals surface area contributed by atoms with Crippen LogP contribution in [0.5, 0.6) is 0 Å². The molecule has 0 radical (unpaired) electrons. The molecule has 0 aliphatic heterocycles. The van der Waals surface area contributed by atoms with Crippen molar-refractivity contribution >= 4 is 151 Å². The van der Waals surface area contributed by atoms with Crippen molar-refractivity contribution in [3.05, 3.63) is 473 Å². The van der Waals surface area contributed by atoms with E-state index in [1.807, 2.05) is 67.5 Å². The second kappa shape index (κ2) is 32.2. The van der Waals surface area contributed by atoms with E-state index in [1.54, 1.807) is 0 Å². The molecular weight excluding hydrogens is 1650 g/mol. The van der Waals surface area contributed by atoms with Crippen LogP contribution in [-0.4, -0.2) is 19.5 Å². The fraction of sp³-hybridized carbons (Fsp3) is 0.0305. The Labute approximate surface area is 786 Å². The van der Waals surface area contributed by atoms with Gasteiger partial charge in [0.1, 0.15) is 11.2 Å². The number of nitrogens with zero attached hydrogens (tertiary/aromatic N) is 4. The van der Waals surface area contributed by atoms with Crippen LogP contribution in [0.25, 0.3) is 268 Å². The minimum atomic E-state index is 0.0720. The van der Waals surface area contributed by atoms with Crippen LogP contribution in [0.15, 0.2) is 472 Å². The lowest BCUT2D eigenvalue weighted by Crippen LogP contribution is -2.10. The van der Waals surface area contributed by atoms with E-state index in [2.05, 4.69) is 441 Å². The van der Waals surface area contributed by atoms with E-state index in [9.17, 15) is 0 Å². The fourth-order valence-corrected chi connectivity index (χ4v) is 21.8. The highest BCUT2D eigenvalue weighted by Gasteiger charge is 2.25. The SMILES string of the molecule is CC(C)(C)c1cc2ccc3c(-c4ccc(-c5cccnc5)cc4)cc(-c4ccc(-c5cccc6ccccc56)cc4)c4ccc(c1)c2c34.c1cncc(-c2ccc(-c3ccc4ccc5c(-c6ccc(-n7c8ccccc8c8ccccc87)cc6)ccc6ccc3c4c65)cc2)c1.c1cncc(-c2ccc3ccc4c(-c5ccc(-c6cccc7c6oc6ccccc67)cc5)ccc5ccc2c3c54)c1. The van der Waals surface area contributed by atoms with Crippen LogP contribution < -0.4 is 0 Å². The van der Waals surface area contributed by atoms with Gasteiger partial charge in [-0.05, 0) is 273 Å². The maximum Gasteiger partial charge on any atom is 0.143 e. The molecule has 5 heterocycles. The van der Waals surface area contributed by atoms with E-state index in [1.165, 1.54) is 224 Å². The lowest BCUT2D eigenvalue weighted by molar-refractivity contribution is 0.591. The Hall–Kier alpha value is -17.5. The number of pyridine rings is 3. The quantitative estimate of drug-likeness (QED) is 0.121. The third-order valence-electron chi connectivity index (χ3n) is 28.5. The van der Waals surface area contributed by atoms with Crippen molar-refractivity contribution in [2.45, 2.75) is 26.2 Å². The zero-order valence-electron chi connectivity index (χ0n) is 75.2. The molecule has 28 rings (SSSR count). The molecule has 0 saturated carbocycles. The highest BCUT2D eigenvalue weighted by molar-refractivity contribution is 6.31. The summed E-state index contributed by atoms with van der Waals surface area (Å²) in [5.41, 5.74) is 31.0. The minimum Gasteiger partial charge on any atom is -0.455 e. The molecule has 0 aliphatic rings. The number of rotatable bonds is 11. The first kappa shape index (κ1) is 79.4. The molecule has 0 aliphatic carbocycles. The van der Waals surface area contributed by atoms with Gasteiger partial charge in [0, 0.05) is 75.5 Å². The highest BCUT2D eigenvalue weighted by Crippen LogP contribution is 2.50. The Balaban J connectivity index is 0.000000106. The Morgan fingerprint density at radius 3 is 0.978 bits per heavy atom. The van der Waals surface area contributed by atoms with Crippen LogP contribution in [0.3, 0.4) is 0 Å². The van der Waals surface area contributed by atoms with Gasteiger partial charge >= 0.3 is 0 Å². The topological polar surface area (TPSA) is 56.7 Å². The molecule has 5 nitrogen and oxygen atoms in total. The maximum atomic E-state index is 6.31. The summed E-state index contributed by atoms with van der Waals surface area (Å²) in [6.45, 7) is 6.90. The van der Waals surface area contributed by atoms with Gasteiger partial charge in [-0.15, -0.1) is 0 Å². The largest absolute Gasteiger partial charge is 0.455 e.